The molecule has 0 aromatic heterocycles. The highest BCUT2D eigenvalue weighted by molar-refractivity contribution is 7.92. The fourth-order valence-corrected chi connectivity index (χ4v) is 5.57. The molecule has 7 nitrogen and oxygen atoms in total. The number of sulfonamides is 1. The van der Waals surface area contributed by atoms with Crippen LogP contribution in [0.4, 0.5) is 10.1 Å². The quantitative estimate of drug-likeness (QED) is 0.405. The Balaban J connectivity index is 2.05. The summed E-state index contributed by atoms with van der Waals surface area (Å²) in [6, 6.07) is 19.6. The first-order valence-electron chi connectivity index (χ1n) is 12.1. The molecule has 3 rings (SSSR count). The first kappa shape index (κ1) is 27.9. The van der Waals surface area contributed by atoms with Crippen molar-refractivity contribution in [3.05, 3.63) is 95.8 Å². The maximum Gasteiger partial charge on any atom is 0.264 e. The van der Waals surface area contributed by atoms with Gasteiger partial charge in [0.25, 0.3) is 10.0 Å². The number of carbonyl (C=O) groups excluding carboxylic acids is 2. The molecule has 0 heterocycles. The van der Waals surface area contributed by atoms with Crippen molar-refractivity contribution in [2.45, 2.75) is 44.7 Å². The van der Waals surface area contributed by atoms with Crippen LogP contribution in [0.3, 0.4) is 0 Å². The number of carbonyl (C=O) groups is 2. The molecule has 0 aliphatic heterocycles. The molecule has 37 heavy (non-hydrogen) atoms. The predicted molar refractivity (Wildman–Crippen MR) is 142 cm³/mol. The normalized spacial score (nSPS) is 12.0. The van der Waals surface area contributed by atoms with Crippen molar-refractivity contribution in [3.63, 3.8) is 0 Å². The van der Waals surface area contributed by atoms with Gasteiger partial charge in [-0.2, -0.15) is 0 Å². The lowest BCUT2D eigenvalue weighted by Gasteiger charge is -2.33. The van der Waals surface area contributed by atoms with Gasteiger partial charge in [-0.15, -0.1) is 0 Å². The highest BCUT2D eigenvalue weighted by Gasteiger charge is 2.33. The zero-order chi connectivity index (χ0) is 27.0. The van der Waals surface area contributed by atoms with Gasteiger partial charge in [-0.1, -0.05) is 55.5 Å². The molecule has 1 N–H and O–H groups in total. The second kappa shape index (κ2) is 12.5. The van der Waals surface area contributed by atoms with E-state index in [4.69, 9.17) is 0 Å². The van der Waals surface area contributed by atoms with Crippen LogP contribution in [0.5, 0.6) is 0 Å². The number of nitrogens with one attached hydrogen (secondary N) is 1. The van der Waals surface area contributed by atoms with Crippen LogP contribution in [0.2, 0.25) is 0 Å². The summed E-state index contributed by atoms with van der Waals surface area (Å²) < 4.78 is 42.1. The van der Waals surface area contributed by atoms with Gasteiger partial charge in [-0.3, -0.25) is 13.9 Å². The molecule has 3 aromatic rings. The van der Waals surface area contributed by atoms with E-state index in [-0.39, 0.29) is 17.3 Å². The van der Waals surface area contributed by atoms with E-state index >= 15 is 0 Å². The third-order valence-corrected chi connectivity index (χ3v) is 7.77. The van der Waals surface area contributed by atoms with Gasteiger partial charge in [0.05, 0.1) is 10.6 Å². The molecule has 0 bridgehead atoms. The number of nitrogens with zero attached hydrogens (tertiary/aromatic N) is 2. The summed E-state index contributed by atoms with van der Waals surface area (Å²) in [5.74, 6) is -1.31. The fraction of sp³-hybridized carbons (Fsp3) is 0.286. The molecular formula is C28H32FN3O4S. The van der Waals surface area contributed by atoms with Gasteiger partial charge in [0.1, 0.15) is 18.4 Å². The Bertz CT molecular complexity index is 1310. The zero-order valence-electron chi connectivity index (χ0n) is 21.2. The number of aryl methyl sites for hydroxylation is 1. The third kappa shape index (κ3) is 6.74. The maximum absolute atomic E-state index is 13.9. The summed E-state index contributed by atoms with van der Waals surface area (Å²) in [5, 5.41) is 2.75. The smallest absolute Gasteiger partial charge is 0.264 e. The van der Waals surface area contributed by atoms with E-state index in [1.807, 2.05) is 0 Å². The number of anilines is 1. The van der Waals surface area contributed by atoms with Crippen LogP contribution in [0.15, 0.2) is 83.8 Å². The molecule has 0 saturated carbocycles. The van der Waals surface area contributed by atoms with Gasteiger partial charge >= 0.3 is 0 Å². The molecular weight excluding hydrogens is 493 g/mol. The molecule has 2 amide bonds. The van der Waals surface area contributed by atoms with Gasteiger partial charge in [0.15, 0.2) is 0 Å². The molecule has 0 radical (unpaired) electrons. The molecule has 1 unspecified atom stereocenters. The highest BCUT2D eigenvalue weighted by atomic mass is 32.2. The number of hydrogen-bond acceptors (Lipinski definition) is 4. The van der Waals surface area contributed by atoms with Crippen LogP contribution in [-0.2, 0) is 26.2 Å². The summed E-state index contributed by atoms with van der Waals surface area (Å²) in [6.45, 7) is 5.22. The average molecular weight is 526 g/mol. The molecule has 9 heteroatoms. The predicted octanol–water partition coefficient (Wildman–Crippen LogP) is 4.27. The number of benzene rings is 3. The minimum absolute atomic E-state index is 0.0156. The number of rotatable bonds is 11. The monoisotopic (exact) mass is 525 g/mol. The van der Waals surface area contributed by atoms with Crippen LogP contribution in [0, 0.1) is 12.7 Å². The Morgan fingerprint density at radius 1 is 0.919 bits per heavy atom. The van der Waals surface area contributed by atoms with Gasteiger partial charge in [0, 0.05) is 13.1 Å². The van der Waals surface area contributed by atoms with Crippen LogP contribution < -0.4 is 9.62 Å². The fourth-order valence-electron chi connectivity index (χ4n) is 4.07. The first-order chi connectivity index (χ1) is 17.7. The number of halogens is 1. The van der Waals surface area contributed by atoms with Crippen LogP contribution in [-0.4, -0.2) is 44.3 Å². The van der Waals surface area contributed by atoms with Crippen LogP contribution >= 0.6 is 0 Å². The van der Waals surface area contributed by atoms with Crippen molar-refractivity contribution in [1.82, 2.24) is 10.2 Å². The lowest BCUT2D eigenvalue weighted by molar-refractivity contribution is -0.140. The highest BCUT2D eigenvalue weighted by Crippen LogP contribution is 2.27. The first-order valence-corrected chi connectivity index (χ1v) is 13.6. The molecule has 0 saturated heterocycles. The third-order valence-electron chi connectivity index (χ3n) is 6.00. The summed E-state index contributed by atoms with van der Waals surface area (Å²) in [4.78, 5) is 28.2. The lowest BCUT2D eigenvalue weighted by atomic mass is 10.1. The molecule has 196 valence electrons. The van der Waals surface area contributed by atoms with E-state index in [1.54, 1.807) is 75.4 Å². The Morgan fingerprint density at radius 2 is 1.54 bits per heavy atom. The Hall–Kier alpha value is -3.72. The van der Waals surface area contributed by atoms with Gasteiger partial charge in [-0.05, 0) is 61.7 Å². The summed E-state index contributed by atoms with van der Waals surface area (Å²) >= 11 is 0. The summed E-state index contributed by atoms with van der Waals surface area (Å²) in [6.07, 6.45) is 0.314. The Labute approximate surface area is 218 Å². The minimum Gasteiger partial charge on any atom is -0.355 e. The van der Waals surface area contributed by atoms with Crippen molar-refractivity contribution < 1.29 is 22.4 Å². The van der Waals surface area contributed by atoms with E-state index in [0.29, 0.717) is 29.8 Å². The number of amides is 2. The van der Waals surface area contributed by atoms with Gasteiger partial charge < -0.3 is 10.2 Å². The number of para-hydroxylation sites is 1. The molecule has 0 spiro atoms. The molecule has 0 aliphatic rings. The van der Waals surface area contributed by atoms with Crippen molar-refractivity contribution in [1.29, 1.82) is 0 Å². The topological polar surface area (TPSA) is 86.8 Å². The van der Waals surface area contributed by atoms with Crippen molar-refractivity contribution in [3.8, 4) is 0 Å². The molecule has 0 fully saturated rings. The zero-order valence-corrected chi connectivity index (χ0v) is 22.0. The second-order valence-electron chi connectivity index (χ2n) is 8.58. The summed E-state index contributed by atoms with van der Waals surface area (Å²) in [7, 11) is -4.11. The van der Waals surface area contributed by atoms with Gasteiger partial charge in [0.2, 0.25) is 11.8 Å². The van der Waals surface area contributed by atoms with Crippen LogP contribution in [0.1, 0.15) is 31.4 Å². The van der Waals surface area contributed by atoms with Crippen molar-refractivity contribution >= 4 is 27.5 Å². The molecule has 1 atom stereocenters. The minimum atomic E-state index is -4.11. The standard InChI is InChI=1S/C28H32FN3O4S/c1-4-25(28(34)30-5-2)31(19-22-15-17-23(29)18-16-22)27(33)20-32(26-14-10-9-11-21(26)3)37(35,36)24-12-7-6-8-13-24/h6-18,25H,4-5,19-20H2,1-3H3,(H,30,34). The lowest BCUT2D eigenvalue weighted by Crippen LogP contribution is -2.52. The maximum atomic E-state index is 13.9. The SMILES string of the molecule is CCNC(=O)C(CC)N(Cc1ccc(F)cc1)C(=O)CN(c1ccccc1C)S(=O)(=O)c1ccccc1. The van der Waals surface area contributed by atoms with Crippen molar-refractivity contribution in [2.75, 3.05) is 17.4 Å². The summed E-state index contributed by atoms with van der Waals surface area (Å²) in [5.41, 5.74) is 1.66. The Morgan fingerprint density at radius 3 is 2.14 bits per heavy atom. The Kier molecular flexibility index (Phi) is 9.41. The second-order valence-corrected chi connectivity index (χ2v) is 10.4. The largest absolute Gasteiger partial charge is 0.355 e. The number of likely N-dealkylation sites (N-methyl/N-ethyl adjacent to an activating group) is 1. The van der Waals surface area contributed by atoms with Crippen molar-refractivity contribution in [2.24, 2.45) is 0 Å². The van der Waals surface area contributed by atoms with E-state index < -0.39 is 34.3 Å². The van der Waals surface area contributed by atoms with E-state index in [1.165, 1.54) is 29.2 Å². The van der Waals surface area contributed by atoms with E-state index in [2.05, 4.69) is 5.32 Å². The van der Waals surface area contributed by atoms with E-state index in [9.17, 15) is 22.4 Å². The van der Waals surface area contributed by atoms with Gasteiger partial charge in [-0.25, -0.2) is 12.8 Å². The van der Waals surface area contributed by atoms with E-state index in [0.717, 1.165) is 4.31 Å². The number of hydrogen-bond donors (Lipinski definition) is 1. The van der Waals surface area contributed by atoms with Crippen LogP contribution in [0.25, 0.3) is 0 Å². The average Bonchev–Trinajstić information content (AvgIpc) is 2.89. The molecule has 3 aromatic carbocycles. The molecule has 0 aliphatic carbocycles.